The topological polar surface area (TPSA) is 115 Å². The van der Waals surface area contributed by atoms with Crippen molar-refractivity contribution in [3.05, 3.63) is 59.0 Å². The van der Waals surface area contributed by atoms with Gasteiger partial charge in [-0.1, -0.05) is 18.2 Å². The van der Waals surface area contributed by atoms with E-state index in [1.165, 1.54) is 22.0 Å². The summed E-state index contributed by atoms with van der Waals surface area (Å²) in [5.41, 5.74) is 2.94. The van der Waals surface area contributed by atoms with E-state index in [0.717, 1.165) is 0 Å². The molecule has 0 saturated carbocycles. The van der Waals surface area contributed by atoms with Gasteiger partial charge in [0.1, 0.15) is 5.70 Å². The van der Waals surface area contributed by atoms with Gasteiger partial charge in [0.15, 0.2) is 6.54 Å². The van der Waals surface area contributed by atoms with Crippen molar-refractivity contribution in [3.8, 4) is 0 Å². The number of nitroso groups, excluding NO2 is 1. The monoisotopic (exact) mass is 321 g/mol. The van der Waals surface area contributed by atoms with Crippen molar-refractivity contribution in [2.45, 2.75) is 6.54 Å². The van der Waals surface area contributed by atoms with Crippen LogP contribution in [0.1, 0.15) is 0 Å². The Morgan fingerprint density at radius 1 is 1.41 bits per heavy atom. The van der Waals surface area contributed by atoms with E-state index in [-0.39, 0.29) is 24.6 Å². The number of nitrogens with zero attached hydrogens (tertiary/aromatic N) is 5. The molecule has 1 aromatic heterocycles. The first-order chi connectivity index (χ1) is 10.2. The van der Waals surface area contributed by atoms with Gasteiger partial charge < -0.3 is 10.7 Å². The minimum atomic E-state index is -0.455. The normalized spacial score (nSPS) is 9.09. The largest absolute Gasteiger partial charge is 0.762 e. The maximum absolute atomic E-state index is 11.7. The highest BCUT2D eigenvalue weighted by atomic mass is 35.5. The van der Waals surface area contributed by atoms with Crippen molar-refractivity contribution in [1.82, 2.24) is 9.78 Å². The van der Waals surface area contributed by atoms with E-state index in [4.69, 9.17) is 5.41 Å². The summed E-state index contributed by atoms with van der Waals surface area (Å²) in [6.45, 7) is -0.0605. The van der Waals surface area contributed by atoms with Gasteiger partial charge in [-0.05, 0) is 17.3 Å². The van der Waals surface area contributed by atoms with Crippen LogP contribution in [-0.4, -0.2) is 21.7 Å². The molecule has 0 aliphatic heterocycles. The molecule has 2 N–H and O–H groups in total. The lowest BCUT2D eigenvalue weighted by molar-refractivity contribution is -0.642. The molecule has 10 heteroatoms. The number of halogens is 1. The summed E-state index contributed by atoms with van der Waals surface area (Å²) in [7, 11) is 0. The van der Waals surface area contributed by atoms with E-state index in [9.17, 15) is 9.70 Å². The van der Waals surface area contributed by atoms with Gasteiger partial charge in [-0.3, -0.25) is 0 Å². The summed E-state index contributed by atoms with van der Waals surface area (Å²) < 4.78 is 2.58. The smallest absolute Gasteiger partial charge is 0.349 e. The third-order valence-electron chi connectivity index (χ3n) is 2.40. The Hall–Kier alpha value is -3.03. The quantitative estimate of drug-likeness (QED) is 0.490. The first-order valence-corrected chi connectivity index (χ1v) is 5.87. The lowest BCUT2D eigenvalue weighted by atomic mass is 10.3. The lowest BCUT2D eigenvalue weighted by Crippen LogP contribution is -2.48. The fourth-order valence-corrected chi connectivity index (χ4v) is 1.50. The van der Waals surface area contributed by atoms with Gasteiger partial charge >= 0.3 is 6.03 Å². The van der Waals surface area contributed by atoms with Crippen LogP contribution in [0.15, 0.2) is 53.9 Å². The molecule has 0 aliphatic carbocycles. The summed E-state index contributed by atoms with van der Waals surface area (Å²) in [4.78, 5) is 22.0. The molecule has 0 spiro atoms. The van der Waals surface area contributed by atoms with E-state index in [2.05, 4.69) is 21.0 Å². The van der Waals surface area contributed by atoms with Crippen LogP contribution >= 0.6 is 12.4 Å². The van der Waals surface area contributed by atoms with Crippen LogP contribution in [0.3, 0.4) is 0 Å². The number of aromatic nitrogens is 3. The number of rotatable bonds is 5. The van der Waals surface area contributed by atoms with Crippen molar-refractivity contribution in [3.63, 3.8) is 0 Å². The number of carbonyl (C=O) groups excluding carboxylic acids is 1. The van der Waals surface area contributed by atoms with Crippen LogP contribution < -0.4 is 15.4 Å². The SMILES string of the molecule is Cl.[N-]=C=C(Cn1c[n+](NC(=O)Nc2ccccc2)cn1)N=O. The molecule has 2 rings (SSSR count). The number of para-hydroxylation sites is 1. The average Bonchev–Trinajstić information content (AvgIpc) is 2.92. The molecule has 22 heavy (non-hydrogen) atoms. The number of nitrogens with one attached hydrogen (secondary N) is 2. The molecule has 0 radical (unpaired) electrons. The van der Waals surface area contributed by atoms with E-state index < -0.39 is 6.03 Å². The summed E-state index contributed by atoms with van der Waals surface area (Å²) >= 11 is 0. The number of amides is 2. The van der Waals surface area contributed by atoms with Crippen molar-refractivity contribution in [2.24, 2.45) is 5.18 Å². The maximum atomic E-state index is 11.7. The highest BCUT2D eigenvalue weighted by Gasteiger charge is 2.10. The molecule has 0 fully saturated rings. The second-order valence-corrected chi connectivity index (χ2v) is 3.93. The van der Waals surface area contributed by atoms with E-state index in [1.807, 2.05) is 6.07 Å². The molecular weight excluding hydrogens is 310 g/mol. The van der Waals surface area contributed by atoms with Crippen LogP contribution in [0.25, 0.3) is 5.41 Å². The van der Waals surface area contributed by atoms with E-state index >= 15 is 0 Å². The zero-order valence-electron chi connectivity index (χ0n) is 11.2. The second kappa shape index (κ2) is 8.30. The standard InChI is InChI=1S/C12H11N7O2.ClH/c13-6-11(17-21)7-18-9-19(8-14-18)16-12(20)15-10-4-2-1-3-5-10;/h1-5,8-9H,7H2,(H2,15,16,20);1H. The van der Waals surface area contributed by atoms with Crippen LogP contribution in [0.2, 0.25) is 0 Å². The Labute approximate surface area is 131 Å². The predicted octanol–water partition coefficient (Wildman–Crippen LogP) is 1.26. The Morgan fingerprint density at radius 2 is 2.14 bits per heavy atom. The first-order valence-electron chi connectivity index (χ1n) is 5.87. The number of benzene rings is 1. The molecule has 2 aromatic rings. The fraction of sp³-hybridized carbons (Fsp3) is 0.0833. The number of anilines is 1. The zero-order chi connectivity index (χ0) is 15.1. The van der Waals surface area contributed by atoms with Gasteiger partial charge in [0.25, 0.3) is 6.33 Å². The minimum Gasteiger partial charge on any atom is -0.762 e. The van der Waals surface area contributed by atoms with Gasteiger partial charge in [0, 0.05) is 10.8 Å². The molecule has 114 valence electrons. The van der Waals surface area contributed by atoms with Gasteiger partial charge in [0.05, 0.1) is 0 Å². The summed E-state index contributed by atoms with van der Waals surface area (Å²) in [5.74, 6) is 1.65. The molecule has 1 aromatic carbocycles. The number of urea groups is 1. The number of allylic oxidation sites excluding steroid dienone is 1. The van der Waals surface area contributed by atoms with Crippen molar-refractivity contribution in [1.29, 1.82) is 0 Å². The number of carbonyl (C=O) groups is 1. The molecule has 0 saturated heterocycles. The van der Waals surface area contributed by atoms with Gasteiger partial charge in [0.2, 0.25) is 6.33 Å². The minimum absolute atomic E-state index is 0. The van der Waals surface area contributed by atoms with Crippen LogP contribution in [0, 0.1) is 4.91 Å². The second-order valence-electron chi connectivity index (χ2n) is 3.93. The Morgan fingerprint density at radius 3 is 2.77 bits per heavy atom. The molecule has 0 aliphatic rings. The molecule has 0 bridgehead atoms. The van der Waals surface area contributed by atoms with Gasteiger partial charge in [-0.25, -0.2) is 10.7 Å². The third kappa shape index (κ3) is 4.82. The van der Waals surface area contributed by atoms with Gasteiger partial charge in [-0.15, -0.1) is 26.7 Å². The van der Waals surface area contributed by atoms with E-state index in [0.29, 0.717) is 5.69 Å². The van der Waals surface area contributed by atoms with Crippen molar-refractivity contribution < 1.29 is 9.47 Å². The molecule has 9 nitrogen and oxygen atoms in total. The Balaban J connectivity index is 0.00000242. The van der Waals surface area contributed by atoms with Crippen LogP contribution in [-0.2, 0) is 6.54 Å². The molecule has 1 heterocycles. The average molecular weight is 322 g/mol. The zero-order valence-corrected chi connectivity index (χ0v) is 12.0. The lowest BCUT2D eigenvalue weighted by Gasteiger charge is -2.03. The van der Waals surface area contributed by atoms with Crippen LogP contribution in [0.4, 0.5) is 10.5 Å². The highest BCUT2D eigenvalue weighted by Crippen LogP contribution is 2.03. The number of hydrogen-bond acceptors (Lipinski definition) is 4. The van der Waals surface area contributed by atoms with Crippen molar-refractivity contribution >= 4 is 30.0 Å². The summed E-state index contributed by atoms with van der Waals surface area (Å²) in [6, 6.07) is 8.48. The van der Waals surface area contributed by atoms with Gasteiger partial charge in [-0.2, -0.15) is 5.43 Å². The maximum Gasteiger partial charge on any atom is 0.349 e. The fourth-order valence-electron chi connectivity index (χ4n) is 1.50. The molecule has 2 amide bonds. The van der Waals surface area contributed by atoms with E-state index in [1.54, 1.807) is 30.1 Å². The van der Waals surface area contributed by atoms with Crippen LogP contribution in [0.5, 0.6) is 0 Å². The molecule has 0 atom stereocenters. The Bertz CT molecular complexity index is 695. The molecular formula is C12H12ClN7O2. The first kappa shape index (κ1) is 17.0. The predicted molar refractivity (Wildman–Crippen MR) is 82.2 cm³/mol. The highest BCUT2D eigenvalue weighted by molar-refractivity contribution is 5.93. The Kier molecular flexibility index (Phi) is 6.42. The molecule has 0 unspecified atom stereocenters. The third-order valence-corrected chi connectivity index (χ3v) is 2.40. The van der Waals surface area contributed by atoms with Crippen molar-refractivity contribution in [2.75, 3.05) is 10.7 Å². The summed E-state index contributed by atoms with van der Waals surface area (Å²) in [5, 5.41) is 17.7. The summed E-state index contributed by atoms with van der Waals surface area (Å²) in [6.07, 6.45) is 2.73. The number of hydrogen-bond donors (Lipinski definition) is 2.